The third-order valence-electron chi connectivity index (χ3n) is 6.10. The molecular weight excluding hydrogens is 493 g/mol. The SMILES string of the molecule is N#CC(C(=O)CCCCOC(=O)Oc1ccccc1)=P(c1ccccc1)(c1ccccc1)c1ccccc1. The summed E-state index contributed by atoms with van der Waals surface area (Å²) in [5.41, 5.74) is 0. The lowest BCUT2D eigenvalue weighted by atomic mass is 10.1. The Bertz CT molecular complexity index is 1340. The van der Waals surface area contributed by atoms with Crippen LogP contribution in [0.4, 0.5) is 4.79 Å². The summed E-state index contributed by atoms with van der Waals surface area (Å²) in [6, 6.07) is 40.5. The van der Waals surface area contributed by atoms with Crippen LogP contribution in [0.1, 0.15) is 19.3 Å². The van der Waals surface area contributed by atoms with Crippen LogP contribution in [-0.2, 0) is 9.53 Å². The van der Waals surface area contributed by atoms with Gasteiger partial charge in [0.15, 0.2) is 5.78 Å². The molecular formula is C32H28NO4P. The second-order valence-electron chi connectivity index (χ2n) is 8.53. The first kappa shape index (κ1) is 26.7. The molecule has 6 heteroatoms. The highest BCUT2D eigenvalue weighted by molar-refractivity contribution is 7.96. The normalized spacial score (nSPS) is 10.7. The van der Waals surface area contributed by atoms with E-state index in [4.69, 9.17) is 9.47 Å². The molecule has 0 N–H and O–H groups in total. The van der Waals surface area contributed by atoms with E-state index >= 15 is 0 Å². The van der Waals surface area contributed by atoms with Gasteiger partial charge >= 0.3 is 6.16 Å². The van der Waals surface area contributed by atoms with Crippen molar-refractivity contribution in [2.75, 3.05) is 6.61 Å². The molecule has 0 unspecified atom stereocenters. The lowest BCUT2D eigenvalue weighted by Crippen LogP contribution is -2.33. The number of carbonyl (C=O) groups excluding carboxylic acids is 2. The van der Waals surface area contributed by atoms with E-state index in [1.807, 2.05) is 97.1 Å². The minimum absolute atomic E-state index is 0.122. The van der Waals surface area contributed by atoms with Crippen LogP contribution in [0.25, 0.3) is 0 Å². The van der Waals surface area contributed by atoms with E-state index in [2.05, 4.69) is 6.07 Å². The first-order valence-corrected chi connectivity index (χ1v) is 14.2. The molecule has 0 amide bonds. The number of hydrogen-bond donors (Lipinski definition) is 0. The van der Waals surface area contributed by atoms with Gasteiger partial charge in [0.1, 0.15) is 17.1 Å². The average Bonchev–Trinajstić information content (AvgIpc) is 2.97. The van der Waals surface area contributed by atoms with Gasteiger partial charge in [-0.2, -0.15) is 5.26 Å². The van der Waals surface area contributed by atoms with Crippen LogP contribution in [0.15, 0.2) is 121 Å². The van der Waals surface area contributed by atoms with Crippen LogP contribution in [0.5, 0.6) is 5.75 Å². The van der Waals surface area contributed by atoms with E-state index in [0.29, 0.717) is 18.6 Å². The van der Waals surface area contributed by atoms with Crippen LogP contribution in [-0.4, -0.2) is 23.8 Å². The Morgan fingerprint density at radius 2 is 1.11 bits per heavy atom. The van der Waals surface area contributed by atoms with Gasteiger partial charge in [-0.25, -0.2) is 4.79 Å². The summed E-state index contributed by atoms with van der Waals surface area (Å²) in [4.78, 5) is 25.6. The van der Waals surface area contributed by atoms with Crippen molar-refractivity contribution < 1.29 is 19.1 Å². The molecule has 0 aliphatic rings. The van der Waals surface area contributed by atoms with Gasteiger partial charge in [-0.15, -0.1) is 0 Å². The van der Waals surface area contributed by atoms with Gasteiger partial charge in [0.2, 0.25) is 0 Å². The number of nitrogens with zero attached hydrogens (tertiary/aromatic N) is 1. The standard InChI is InChI=1S/C32H28NO4P/c33-25-31(30(34)23-13-14-24-36-32(35)37-26-15-5-1-6-16-26)38(27-17-7-2-8-18-27,28-19-9-3-10-20-28)29-21-11-4-12-22-29/h1-12,15-22H,13-14,23-24H2. The number of hydrogen-bond acceptors (Lipinski definition) is 5. The summed E-state index contributed by atoms with van der Waals surface area (Å²) >= 11 is 0. The molecule has 0 atom stereocenters. The lowest BCUT2D eigenvalue weighted by molar-refractivity contribution is -0.112. The summed E-state index contributed by atoms with van der Waals surface area (Å²) in [7, 11) is 0. The minimum atomic E-state index is -2.73. The summed E-state index contributed by atoms with van der Waals surface area (Å²) in [5, 5.41) is 13.6. The molecule has 38 heavy (non-hydrogen) atoms. The van der Waals surface area contributed by atoms with Crippen LogP contribution >= 0.6 is 6.89 Å². The van der Waals surface area contributed by atoms with E-state index in [0.717, 1.165) is 15.9 Å². The van der Waals surface area contributed by atoms with Crippen LogP contribution in [0.3, 0.4) is 0 Å². The number of benzene rings is 4. The molecule has 0 saturated carbocycles. The van der Waals surface area contributed by atoms with Crippen molar-refractivity contribution >= 4 is 40.0 Å². The molecule has 0 aliphatic carbocycles. The van der Waals surface area contributed by atoms with Crippen LogP contribution < -0.4 is 20.7 Å². The van der Waals surface area contributed by atoms with Gasteiger partial charge in [0.25, 0.3) is 0 Å². The summed E-state index contributed by atoms with van der Waals surface area (Å²) < 4.78 is 10.3. The molecule has 0 heterocycles. The van der Waals surface area contributed by atoms with Crippen molar-refractivity contribution in [3.8, 4) is 11.8 Å². The molecule has 0 radical (unpaired) electrons. The molecule has 0 saturated heterocycles. The highest BCUT2D eigenvalue weighted by Gasteiger charge is 2.32. The fraction of sp³-hybridized carbons (Fsp3) is 0.125. The molecule has 0 fully saturated rings. The third-order valence-corrected chi connectivity index (χ3v) is 10.3. The van der Waals surface area contributed by atoms with Gasteiger partial charge in [-0.3, -0.25) is 4.79 Å². The molecule has 4 aromatic rings. The van der Waals surface area contributed by atoms with Crippen LogP contribution in [0, 0.1) is 11.3 Å². The monoisotopic (exact) mass is 521 g/mol. The third kappa shape index (κ3) is 6.11. The Morgan fingerprint density at radius 1 is 0.658 bits per heavy atom. The Balaban J connectivity index is 1.59. The predicted molar refractivity (Wildman–Crippen MR) is 153 cm³/mol. The smallest absolute Gasteiger partial charge is 0.434 e. The first-order valence-electron chi connectivity index (χ1n) is 12.4. The largest absolute Gasteiger partial charge is 0.513 e. The Labute approximate surface area is 223 Å². The van der Waals surface area contributed by atoms with E-state index in [9.17, 15) is 14.9 Å². The van der Waals surface area contributed by atoms with Gasteiger partial charge in [-0.05, 0) is 47.8 Å². The summed E-state index contributed by atoms with van der Waals surface area (Å²) in [6.07, 6.45) is 0.339. The zero-order chi connectivity index (χ0) is 26.6. The lowest BCUT2D eigenvalue weighted by Gasteiger charge is -2.30. The number of ketones is 1. The molecule has 0 spiro atoms. The zero-order valence-electron chi connectivity index (χ0n) is 20.9. The topological polar surface area (TPSA) is 76.4 Å². The maximum absolute atomic E-state index is 13.7. The fourth-order valence-electron chi connectivity index (χ4n) is 4.39. The Kier molecular flexibility index (Phi) is 9.29. The molecule has 0 aromatic heterocycles. The second-order valence-corrected chi connectivity index (χ2v) is 11.9. The van der Waals surface area contributed by atoms with E-state index in [1.54, 1.807) is 24.3 Å². The maximum Gasteiger partial charge on any atom is 0.513 e. The average molecular weight is 522 g/mol. The maximum atomic E-state index is 13.7. The van der Waals surface area contributed by atoms with Crippen LogP contribution in [0.2, 0.25) is 0 Å². The molecule has 190 valence electrons. The molecule has 0 bridgehead atoms. The number of ether oxygens (including phenoxy) is 2. The number of nitriles is 1. The fourth-order valence-corrected chi connectivity index (χ4v) is 8.55. The first-order chi connectivity index (χ1) is 18.7. The zero-order valence-corrected chi connectivity index (χ0v) is 21.8. The van der Waals surface area contributed by atoms with Gasteiger partial charge in [0.05, 0.1) is 6.61 Å². The van der Waals surface area contributed by atoms with Gasteiger partial charge < -0.3 is 9.47 Å². The molecule has 4 rings (SSSR count). The van der Waals surface area contributed by atoms with Gasteiger partial charge in [-0.1, -0.05) is 109 Å². The number of unbranched alkanes of at least 4 members (excludes halogenated alkanes) is 1. The van der Waals surface area contributed by atoms with Crippen molar-refractivity contribution in [1.29, 1.82) is 5.26 Å². The van der Waals surface area contributed by atoms with Crippen molar-refractivity contribution in [2.45, 2.75) is 19.3 Å². The van der Waals surface area contributed by atoms with E-state index in [1.165, 1.54) is 0 Å². The quantitative estimate of drug-likeness (QED) is 0.117. The Hall–Kier alpha value is -4.39. The summed E-state index contributed by atoms with van der Waals surface area (Å²) in [6.45, 7) is -2.61. The van der Waals surface area contributed by atoms with Crippen molar-refractivity contribution in [2.24, 2.45) is 0 Å². The number of carbonyl (C=O) groups is 2. The van der Waals surface area contributed by atoms with Crippen molar-refractivity contribution in [3.63, 3.8) is 0 Å². The molecule has 5 nitrogen and oxygen atoms in total. The molecule has 4 aromatic carbocycles. The van der Waals surface area contributed by atoms with Crippen molar-refractivity contribution in [3.05, 3.63) is 121 Å². The number of para-hydroxylation sites is 1. The number of Topliss-reactive ketones (excluding diaryl/α,β-unsaturated/α-hetero) is 1. The van der Waals surface area contributed by atoms with Crippen molar-refractivity contribution in [1.82, 2.24) is 0 Å². The predicted octanol–water partition coefficient (Wildman–Crippen LogP) is 5.63. The summed E-state index contributed by atoms with van der Waals surface area (Å²) in [5.74, 6) is 0.216. The minimum Gasteiger partial charge on any atom is -0.434 e. The highest BCUT2D eigenvalue weighted by Crippen LogP contribution is 2.46. The highest BCUT2D eigenvalue weighted by atomic mass is 31.2. The Morgan fingerprint density at radius 3 is 1.55 bits per heavy atom. The van der Waals surface area contributed by atoms with E-state index < -0.39 is 13.0 Å². The number of rotatable bonds is 10. The van der Waals surface area contributed by atoms with E-state index in [-0.39, 0.29) is 24.1 Å². The second kappa shape index (κ2) is 13.2. The molecule has 0 aliphatic heterocycles. The van der Waals surface area contributed by atoms with Gasteiger partial charge in [0, 0.05) is 6.42 Å².